The van der Waals surface area contributed by atoms with E-state index >= 15 is 0 Å². The molecule has 0 radical (unpaired) electrons. The lowest BCUT2D eigenvalue weighted by Gasteiger charge is -2.17. The summed E-state index contributed by atoms with van der Waals surface area (Å²) in [6.07, 6.45) is 2.02. The van der Waals surface area contributed by atoms with Gasteiger partial charge < -0.3 is 13.7 Å². The highest BCUT2D eigenvalue weighted by atomic mass is 15.1. The first-order valence-corrected chi connectivity index (χ1v) is 29.3. The van der Waals surface area contributed by atoms with Gasteiger partial charge in [-0.25, -0.2) is 15.0 Å². The highest BCUT2D eigenvalue weighted by Crippen LogP contribution is 2.44. The van der Waals surface area contributed by atoms with E-state index < -0.39 is 0 Å². The summed E-state index contributed by atoms with van der Waals surface area (Å²) < 4.78 is 9.41. The lowest BCUT2D eigenvalue weighted by atomic mass is 10.0. The molecule has 6 aromatic heterocycles. The predicted molar refractivity (Wildman–Crippen MR) is 356 cm³/mol. The van der Waals surface area contributed by atoms with Gasteiger partial charge in [-0.2, -0.15) is 0 Å². The number of nitrogens with zero attached hydrogens (tertiary/aromatic N) is 7. The fourth-order valence-corrected chi connectivity index (χ4v) is 13.7. The molecule has 18 aromatic rings. The molecule has 7 nitrogen and oxygen atoms in total. The van der Waals surface area contributed by atoms with Gasteiger partial charge in [0.1, 0.15) is 11.0 Å². The second-order valence-corrected chi connectivity index (χ2v) is 22.3. The smallest absolute Gasteiger partial charge is 0.166 e. The van der Waals surface area contributed by atoms with Crippen LogP contribution in [0.4, 0.5) is 0 Å². The molecule has 6 heterocycles. The van der Waals surface area contributed by atoms with Crippen LogP contribution < -0.4 is 0 Å². The zero-order valence-electron chi connectivity index (χ0n) is 46.4. The van der Waals surface area contributed by atoms with Crippen molar-refractivity contribution < 1.29 is 0 Å². The molecule has 86 heavy (non-hydrogen) atoms. The van der Waals surface area contributed by atoms with Crippen molar-refractivity contribution in [2.75, 3.05) is 0 Å². The van der Waals surface area contributed by atoms with E-state index in [1.165, 1.54) is 43.6 Å². The van der Waals surface area contributed by atoms with Crippen LogP contribution in [-0.2, 0) is 0 Å². The summed E-state index contributed by atoms with van der Waals surface area (Å²) in [6, 6.07) is 105. The van der Waals surface area contributed by atoms with Crippen molar-refractivity contribution in [1.29, 1.82) is 0 Å². The minimum absolute atomic E-state index is 0.692. The van der Waals surface area contributed by atoms with Crippen molar-refractivity contribution in [3.05, 3.63) is 297 Å². The van der Waals surface area contributed by atoms with Crippen molar-refractivity contribution in [2.24, 2.45) is 0 Å². The van der Waals surface area contributed by atoms with Crippen molar-refractivity contribution in [3.63, 3.8) is 0 Å². The van der Waals surface area contributed by atoms with Crippen molar-refractivity contribution >= 4 is 98.3 Å². The highest BCUT2D eigenvalue weighted by molar-refractivity contribution is 6.16. The minimum Gasteiger partial charge on any atom is -0.309 e. The topological polar surface area (TPSA) is 58.4 Å². The third-order valence-electron chi connectivity index (χ3n) is 17.6. The first-order chi connectivity index (χ1) is 42.7. The van der Waals surface area contributed by atoms with Crippen LogP contribution >= 0.6 is 0 Å². The second kappa shape index (κ2) is 18.9. The number of rotatable bonds is 8. The van der Waals surface area contributed by atoms with E-state index in [4.69, 9.17) is 15.0 Å². The van der Waals surface area contributed by atoms with Gasteiger partial charge >= 0.3 is 0 Å². The summed E-state index contributed by atoms with van der Waals surface area (Å²) in [5.74, 6) is 0.702. The largest absolute Gasteiger partial charge is 0.309 e. The Hall–Kier alpha value is -11.7. The third-order valence-corrected chi connectivity index (χ3v) is 17.6. The molecular formula is C79H49N7. The fraction of sp³-hybridized carbons (Fsp3) is 0. The van der Waals surface area contributed by atoms with Gasteiger partial charge in [0, 0.05) is 65.6 Å². The summed E-state index contributed by atoms with van der Waals surface area (Å²) in [6.45, 7) is 0. The van der Waals surface area contributed by atoms with E-state index in [2.05, 4.69) is 309 Å². The minimum atomic E-state index is 0.692. The number of aromatic nitrogens is 7. The van der Waals surface area contributed by atoms with Crippen LogP contribution in [0.15, 0.2) is 297 Å². The lowest BCUT2D eigenvalue weighted by Crippen LogP contribution is -2.07. The van der Waals surface area contributed by atoms with E-state index in [0.717, 1.165) is 111 Å². The standard InChI is InChI=1S/C79H49N7/c1-5-21-50(22-6-1)75-76(51-23-7-2-8-24-51)82-78-77(81-75)74(85-68-35-19-15-31-60(68)64-46-53(39-43-71(64)85)52-38-42-70-63(45-52)59-30-14-18-34-67(59)83(70)56-25-9-3-10-26-56)49-80-79(78)86-69-36-20-16-32-61(69)65-47-54(40-44-72(65)86)55-37-41-62-58-29-13-17-33-66(58)84(73(62)48-55)57-27-11-4-12-28-57/h1-49H. The number of pyridine rings is 1. The molecule has 0 saturated heterocycles. The van der Waals surface area contributed by atoms with E-state index in [0.29, 0.717) is 11.3 Å². The number of fused-ring (bicyclic) bond motifs is 13. The summed E-state index contributed by atoms with van der Waals surface area (Å²) in [7, 11) is 0. The zero-order chi connectivity index (χ0) is 56.4. The Morgan fingerprint density at radius 3 is 1.06 bits per heavy atom. The molecule has 0 bridgehead atoms. The van der Waals surface area contributed by atoms with E-state index in [-0.39, 0.29) is 0 Å². The van der Waals surface area contributed by atoms with Crippen LogP contribution in [0.3, 0.4) is 0 Å². The molecule has 0 saturated carbocycles. The van der Waals surface area contributed by atoms with E-state index in [1.54, 1.807) is 0 Å². The Labute approximate surface area is 493 Å². The summed E-state index contributed by atoms with van der Waals surface area (Å²) in [4.78, 5) is 17.3. The van der Waals surface area contributed by atoms with Gasteiger partial charge in [0.2, 0.25) is 0 Å². The maximum Gasteiger partial charge on any atom is 0.166 e. The van der Waals surface area contributed by atoms with Crippen LogP contribution in [0.1, 0.15) is 0 Å². The van der Waals surface area contributed by atoms with Gasteiger partial charge in [0.25, 0.3) is 0 Å². The molecule has 0 aliphatic heterocycles. The van der Waals surface area contributed by atoms with Crippen LogP contribution in [0.25, 0.3) is 166 Å². The summed E-state index contributed by atoms with van der Waals surface area (Å²) >= 11 is 0. The van der Waals surface area contributed by atoms with Gasteiger partial charge in [-0.1, -0.05) is 200 Å². The van der Waals surface area contributed by atoms with Crippen molar-refractivity contribution in [3.8, 4) is 67.6 Å². The maximum absolute atomic E-state index is 5.85. The predicted octanol–water partition coefficient (Wildman–Crippen LogP) is 20.1. The lowest BCUT2D eigenvalue weighted by molar-refractivity contribution is 1.06. The molecule has 0 amide bonds. The first kappa shape index (κ1) is 47.9. The number of para-hydroxylation sites is 6. The molecule has 18 rings (SSSR count). The summed E-state index contributed by atoms with van der Waals surface area (Å²) in [5, 5.41) is 9.42. The quantitative estimate of drug-likeness (QED) is 0.152. The molecular weight excluding hydrogens is 1050 g/mol. The first-order valence-electron chi connectivity index (χ1n) is 29.3. The molecule has 12 aromatic carbocycles. The third kappa shape index (κ3) is 7.25. The van der Waals surface area contributed by atoms with Gasteiger partial charge in [-0.3, -0.25) is 4.57 Å². The Bertz CT molecular complexity index is 5760. The Balaban J connectivity index is 0.852. The molecule has 0 aliphatic rings. The van der Waals surface area contributed by atoms with Crippen molar-refractivity contribution in [2.45, 2.75) is 0 Å². The number of benzene rings is 12. The maximum atomic E-state index is 5.85. The Morgan fingerprint density at radius 2 is 0.558 bits per heavy atom. The highest BCUT2D eigenvalue weighted by Gasteiger charge is 2.26. The molecule has 0 N–H and O–H groups in total. The Morgan fingerprint density at radius 1 is 0.221 bits per heavy atom. The molecule has 0 spiro atoms. The molecule has 400 valence electrons. The van der Waals surface area contributed by atoms with Crippen LogP contribution in [0.5, 0.6) is 0 Å². The number of hydrogen-bond acceptors (Lipinski definition) is 3. The summed E-state index contributed by atoms with van der Waals surface area (Å²) in [5.41, 5.74) is 21.5. The average molecular weight is 1100 g/mol. The monoisotopic (exact) mass is 1100 g/mol. The van der Waals surface area contributed by atoms with Gasteiger partial charge in [0.05, 0.1) is 67.4 Å². The number of hydrogen-bond donors (Lipinski definition) is 0. The van der Waals surface area contributed by atoms with Crippen LogP contribution in [0.2, 0.25) is 0 Å². The molecule has 7 heteroatoms. The van der Waals surface area contributed by atoms with Crippen molar-refractivity contribution in [1.82, 2.24) is 33.2 Å². The zero-order valence-corrected chi connectivity index (χ0v) is 46.4. The van der Waals surface area contributed by atoms with Gasteiger partial charge in [-0.15, -0.1) is 0 Å². The van der Waals surface area contributed by atoms with E-state index in [9.17, 15) is 0 Å². The molecule has 0 aliphatic carbocycles. The average Bonchev–Trinajstić information content (AvgIpc) is 1.99. The fourth-order valence-electron chi connectivity index (χ4n) is 13.7. The molecule has 0 atom stereocenters. The Kier molecular flexibility index (Phi) is 10.6. The van der Waals surface area contributed by atoms with Gasteiger partial charge in [0.15, 0.2) is 5.82 Å². The molecule has 0 fully saturated rings. The second-order valence-electron chi connectivity index (χ2n) is 22.3. The van der Waals surface area contributed by atoms with E-state index in [1.807, 2.05) is 6.20 Å². The molecule has 0 unspecified atom stereocenters. The normalized spacial score (nSPS) is 12.0. The van der Waals surface area contributed by atoms with Crippen LogP contribution in [0, 0.1) is 0 Å². The SMILES string of the molecule is c1ccc(-c2nc3c(-n4c5ccccc5c5cc(-c6ccc7c(c6)c6ccccc6n7-c6ccccc6)ccc54)cnc(-n4c5ccccc5c5cc(-c6ccc7c8ccccc8n(-c8ccccc8)c7c6)ccc54)c3nc2-c2ccccc2)cc1. The van der Waals surface area contributed by atoms with Gasteiger partial charge in [-0.05, 0) is 113 Å². The van der Waals surface area contributed by atoms with Crippen LogP contribution in [-0.4, -0.2) is 33.2 Å².